The molecule has 0 spiro atoms. The molecule has 1 saturated heterocycles. The number of hydrogen-bond donors (Lipinski definition) is 1. The van der Waals surface area contributed by atoms with Gasteiger partial charge in [0.25, 0.3) is 5.91 Å². The number of nitrogens with zero attached hydrogens (tertiary/aromatic N) is 1. The van der Waals surface area contributed by atoms with Gasteiger partial charge in [-0.2, -0.15) is 0 Å². The quantitative estimate of drug-likeness (QED) is 0.754. The van der Waals surface area contributed by atoms with Gasteiger partial charge in [0.15, 0.2) is 0 Å². The van der Waals surface area contributed by atoms with E-state index < -0.39 is 22.1 Å². The van der Waals surface area contributed by atoms with Gasteiger partial charge in [0.2, 0.25) is 16.1 Å². The van der Waals surface area contributed by atoms with Crippen molar-refractivity contribution in [3.8, 4) is 0 Å². The minimum absolute atomic E-state index is 0.0592. The van der Waals surface area contributed by atoms with Gasteiger partial charge in [-0.25, -0.2) is 18.4 Å². The fourth-order valence-electron chi connectivity index (χ4n) is 3.34. The standard InChI is InChI=1S/C21H24N2O5S/c1-15-10-11-17(29(22,26)27)14-18(15)21(25)28-19(16-8-4-2-5-9-16)20(24)23-12-6-3-7-13-23/h2,4-5,8-11,14,19H,3,6-7,12-13H2,1H3,(H2,22,26,27). The Hall–Kier alpha value is -2.71. The fourth-order valence-corrected chi connectivity index (χ4v) is 3.88. The lowest BCUT2D eigenvalue weighted by Gasteiger charge is -2.30. The minimum Gasteiger partial charge on any atom is -0.444 e. The lowest BCUT2D eigenvalue weighted by Crippen LogP contribution is -2.40. The molecule has 1 unspecified atom stereocenters. The molecule has 2 aromatic rings. The molecule has 1 amide bonds. The number of ether oxygens (including phenoxy) is 1. The summed E-state index contributed by atoms with van der Waals surface area (Å²) in [6.07, 6.45) is 1.80. The number of likely N-dealkylation sites (tertiary alicyclic amines) is 1. The summed E-state index contributed by atoms with van der Waals surface area (Å²) < 4.78 is 28.9. The van der Waals surface area contributed by atoms with Crippen LogP contribution < -0.4 is 5.14 Å². The van der Waals surface area contributed by atoms with E-state index in [1.165, 1.54) is 18.2 Å². The second kappa shape index (κ2) is 8.75. The number of carbonyl (C=O) groups excluding carboxylic acids is 2. The fraction of sp³-hybridized carbons (Fsp3) is 0.333. The predicted molar refractivity (Wildman–Crippen MR) is 108 cm³/mol. The summed E-state index contributed by atoms with van der Waals surface area (Å²) in [6, 6.07) is 12.8. The first-order valence-electron chi connectivity index (χ1n) is 9.45. The number of esters is 1. The lowest BCUT2D eigenvalue weighted by atomic mass is 10.0. The second-order valence-electron chi connectivity index (χ2n) is 7.10. The maximum Gasteiger partial charge on any atom is 0.339 e. The van der Waals surface area contributed by atoms with E-state index in [-0.39, 0.29) is 16.4 Å². The molecule has 0 saturated carbocycles. The lowest BCUT2D eigenvalue weighted by molar-refractivity contribution is -0.142. The Morgan fingerprint density at radius 3 is 2.31 bits per heavy atom. The number of rotatable bonds is 5. The van der Waals surface area contributed by atoms with Gasteiger partial charge in [-0.15, -0.1) is 0 Å². The summed E-state index contributed by atoms with van der Waals surface area (Å²) in [4.78, 5) is 27.5. The number of hydrogen-bond acceptors (Lipinski definition) is 5. The third-order valence-electron chi connectivity index (χ3n) is 4.98. The van der Waals surface area contributed by atoms with Crippen LogP contribution in [0, 0.1) is 6.92 Å². The van der Waals surface area contributed by atoms with Crippen molar-refractivity contribution in [2.24, 2.45) is 5.14 Å². The van der Waals surface area contributed by atoms with Crippen LogP contribution >= 0.6 is 0 Å². The van der Waals surface area contributed by atoms with Crippen molar-refractivity contribution < 1.29 is 22.7 Å². The highest BCUT2D eigenvalue weighted by atomic mass is 32.2. The van der Waals surface area contributed by atoms with Crippen LogP contribution in [0.2, 0.25) is 0 Å². The Morgan fingerprint density at radius 1 is 1.03 bits per heavy atom. The van der Waals surface area contributed by atoms with Crippen LogP contribution in [0.15, 0.2) is 53.4 Å². The van der Waals surface area contributed by atoms with Crippen molar-refractivity contribution in [2.45, 2.75) is 37.2 Å². The largest absolute Gasteiger partial charge is 0.444 e. The Bertz CT molecular complexity index is 999. The van der Waals surface area contributed by atoms with E-state index in [4.69, 9.17) is 9.88 Å². The number of sulfonamides is 1. The van der Waals surface area contributed by atoms with E-state index in [1.54, 1.807) is 36.1 Å². The van der Waals surface area contributed by atoms with Crippen molar-refractivity contribution in [2.75, 3.05) is 13.1 Å². The van der Waals surface area contributed by atoms with Crippen LogP contribution in [0.5, 0.6) is 0 Å². The van der Waals surface area contributed by atoms with E-state index in [9.17, 15) is 18.0 Å². The number of primary sulfonamides is 1. The Morgan fingerprint density at radius 2 is 1.69 bits per heavy atom. The third kappa shape index (κ3) is 5.02. The molecule has 7 nitrogen and oxygen atoms in total. The number of piperidine rings is 1. The number of benzene rings is 2. The maximum absolute atomic E-state index is 13.1. The van der Waals surface area contributed by atoms with E-state index >= 15 is 0 Å². The molecule has 0 bridgehead atoms. The number of amides is 1. The molecule has 8 heteroatoms. The highest BCUT2D eigenvalue weighted by molar-refractivity contribution is 7.89. The Kier molecular flexibility index (Phi) is 6.34. The molecule has 1 heterocycles. The third-order valence-corrected chi connectivity index (χ3v) is 5.89. The van der Waals surface area contributed by atoms with Crippen molar-refractivity contribution in [1.29, 1.82) is 0 Å². The van der Waals surface area contributed by atoms with Crippen molar-refractivity contribution in [1.82, 2.24) is 4.90 Å². The summed E-state index contributed by atoms with van der Waals surface area (Å²) in [5, 5.41) is 5.17. The highest BCUT2D eigenvalue weighted by Gasteiger charge is 2.31. The molecule has 3 rings (SSSR count). The zero-order chi connectivity index (χ0) is 21.0. The first-order valence-corrected chi connectivity index (χ1v) is 11.0. The van der Waals surface area contributed by atoms with Crippen LogP contribution in [0.25, 0.3) is 0 Å². The molecular weight excluding hydrogens is 392 g/mol. The summed E-state index contributed by atoms with van der Waals surface area (Å²) in [5.74, 6) is -1.04. The molecule has 1 fully saturated rings. The maximum atomic E-state index is 13.1. The van der Waals surface area contributed by atoms with Gasteiger partial charge in [0.05, 0.1) is 10.5 Å². The summed E-state index contributed by atoms with van der Waals surface area (Å²) in [6.45, 7) is 2.91. The number of carbonyl (C=O) groups is 2. The van der Waals surface area contributed by atoms with Gasteiger partial charge >= 0.3 is 5.97 Å². The van der Waals surface area contributed by atoms with Crippen LogP contribution in [0.3, 0.4) is 0 Å². The topological polar surface area (TPSA) is 107 Å². The predicted octanol–water partition coefficient (Wildman–Crippen LogP) is 2.55. The molecule has 0 radical (unpaired) electrons. The molecule has 29 heavy (non-hydrogen) atoms. The van der Waals surface area contributed by atoms with Gasteiger partial charge in [-0.05, 0) is 43.9 Å². The number of nitrogens with two attached hydrogens (primary N) is 1. The Balaban J connectivity index is 1.92. The molecule has 154 valence electrons. The van der Waals surface area contributed by atoms with Crippen molar-refractivity contribution >= 4 is 21.9 Å². The molecule has 1 atom stereocenters. The Labute approximate surface area is 170 Å². The normalized spacial score (nSPS) is 15.6. The number of aryl methyl sites for hydroxylation is 1. The van der Waals surface area contributed by atoms with Crippen LogP contribution in [0.1, 0.15) is 46.9 Å². The SMILES string of the molecule is Cc1ccc(S(N)(=O)=O)cc1C(=O)OC(C(=O)N1CCCCC1)c1ccccc1. The summed E-state index contributed by atoms with van der Waals surface area (Å²) in [5.41, 5.74) is 1.15. The zero-order valence-corrected chi connectivity index (χ0v) is 17.0. The van der Waals surface area contributed by atoms with Crippen LogP contribution in [-0.2, 0) is 19.6 Å². The van der Waals surface area contributed by atoms with Gasteiger partial charge in [0, 0.05) is 18.7 Å². The monoisotopic (exact) mass is 416 g/mol. The summed E-state index contributed by atoms with van der Waals surface area (Å²) >= 11 is 0. The average molecular weight is 416 g/mol. The molecule has 0 aliphatic carbocycles. The van der Waals surface area contributed by atoms with Gasteiger partial charge < -0.3 is 9.64 Å². The zero-order valence-electron chi connectivity index (χ0n) is 16.2. The first kappa shape index (κ1) is 21.0. The molecular formula is C21H24N2O5S. The van der Waals surface area contributed by atoms with E-state index in [1.807, 2.05) is 6.07 Å². The second-order valence-corrected chi connectivity index (χ2v) is 8.67. The van der Waals surface area contributed by atoms with Gasteiger partial charge in [-0.3, -0.25) is 4.79 Å². The van der Waals surface area contributed by atoms with Crippen LogP contribution in [-0.4, -0.2) is 38.3 Å². The molecule has 1 aliphatic heterocycles. The molecule has 2 N–H and O–H groups in total. The molecule has 1 aliphatic rings. The van der Waals surface area contributed by atoms with E-state index in [0.717, 1.165) is 19.3 Å². The smallest absolute Gasteiger partial charge is 0.339 e. The van der Waals surface area contributed by atoms with Crippen LogP contribution in [0.4, 0.5) is 0 Å². The highest BCUT2D eigenvalue weighted by Crippen LogP contribution is 2.25. The minimum atomic E-state index is -3.97. The first-order chi connectivity index (χ1) is 13.8. The molecule has 2 aromatic carbocycles. The molecule has 0 aromatic heterocycles. The average Bonchev–Trinajstić information content (AvgIpc) is 2.72. The van der Waals surface area contributed by atoms with E-state index in [2.05, 4.69) is 0 Å². The van der Waals surface area contributed by atoms with Crippen molar-refractivity contribution in [3.05, 3.63) is 65.2 Å². The van der Waals surface area contributed by atoms with Gasteiger partial charge in [0.1, 0.15) is 0 Å². The van der Waals surface area contributed by atoms with Gasteiger partial charge in [-0.1, -0.05) is 36.4 Å². The van der Waals surface area contributed by atoms with E-state index in [0.29, 0.717) is 24.2 Å². The summed E-state index contributed by atoms with van der Waals surface area (Å²) in [7, 11) is -3.97. The van der Waals surface area contributed by atoms with Crippen molar-refractivity contribution in [3.63, 3.8) is 0 Å².